The third kappa shape index (κ3) is 4.22. The van der Waals surface area contributed by atoms with Gasteiger partial charge in [0, 0.05) is 30.9 Å². The number of amides is 1. The Labute approximate surface area is 167 Å². The molecular formula is C17H13ClF4N2O4S. The minimum absolute atomic E-state index is 0.0404. The van der Waals surface area contributed by atoms with E-state index >= 15 is 0 Å². The van der Waals surface area contributed by atoms with E-state index in [0.29, 0.717) is 24.3 Å². The number of anilines is 1. The van der Waals surface area contributed by atoms with Gasteiger partial charge in [0.2, 0.25) is 10.0 Å². The van der Waals surface area contributed by atoms with Crippen LogP contribution in [-0.2, 0) is 10.0 Å². The van der Waals surface area contributed by atoms with Crippen LogP contribution in [0.1, 0.15) is 16.8 Å². The summed E-state index contributed by atoms with van der Waals surface area (Å²) in [5.41, 5.74) is -0.949. The number of hydrogen-bond acceptors (Lipinski definition) is 4. The Hall–Kier alpha value is -2.21. The summed E-state index contributed by atoms with van der Waals surface area (Å²) in [6.07, 6.45) is -0.727. The highest BCUT2D eigenvalue weighted by Crippen LogP contribution is 2.29. The predicted molar refractivity (Wildman–Crippen MR) is 95.1 cm³/mol. The lowest BCUT2D eigenvalue weighted by atomic mass is 10.2. The molecule has 1 fully saturated rings. The number of aliphatic hydroxyl groups is 1. The highest BCUT2D eigenvalue weighted by Gasteiger charge is 2.34. The van der Waals surface area contributed by atoms with Gasteiger partial charge in [0.05, 0.1) is 16.7 Å². The van der Waals surface area contributed by atoms with Gasteiger partial charge in [-0.25, -0.2) is 26.0 Å². The highest BCUT2D eigenvalue weighted by molar-refractivity contribution is 7.89. The van der Waals surface area contributed by atoms with Crippen molar-refractivity contribution in [3.63, 3.8) is 0 Å². The van der Waals surface area contributed by atoms with Crippen LogP contribution in [0.4, 0.5) is 23.2 Å². The largest absolute Gasteiger partial charge is 0.392 e. The van der Waals surface area contributed by atoms with Gasteiger partial charge in [0.25, 0.3) is 5.91 Å². The minimum Gasteiger partial charge on any atom is -0.392 e. The van der Waals surface area contributed by atoms with Crippen molar-refractivity contribution in [1.82, 2.24) is 4.31 Å². The van der Waals surface area contributed by atoms with E-state index in [-0.39, 0.29) is 19.5 Å². The van der Waals surface area contributed by atoms with Gasteiger partial charge in [0.1, 0.15) is 10.7 Å². The Kier molecular flexibility index (Phi) is 5.86. The topological polar surface area (TPSA) is 86.7 Å². The maximum absolute atomic E-state index is 14.3. The van der Waals surface area contributed by atoms with Crippen molar-refractivity contribution in [3.8, 4) is 0 Å². The maximum Gasteiger partial charge on any atom is 0.257 e. The number of sulfonamides is 1. The molecule has 0 aromatic heterocycles. The van der Waals surface area contributed by atoms with Crippen LogP contribution in [0.25, 0.3) is 0 Å². The second-order valence-electron chi connectivity index (χ2n) is 6.28. The fourth-order valence-corrected chi connectivity index (χ4v) is 4.60. The number of carbonyl (C=O) groups excluding carboxylic acids is 1. The van der Waals surface area contributed by atoms with Crippen molar-refractivity contribution in [2.45, 2.75) is 17.4 Å². The van der Waals surface area contributed by atoms with E-state index in [2.05, 4.69) is 0 Å². The van der Waals surface area contributed by atoms with Gasteiger partial charge in [-0.05, 0) is 18.6 Å². The zero-order valence-electron chi connectivity index (χ0n) is 14.4. The van der Waals surface area contributed by atoms with Gasteiger partial charge >= 0.3 is 0 Å². The molecule has 0 bridgehead atoms. The van der Waals surface area contributed by atoms with E-state index in [0.717, 1.165) is 4.31 Å². The van der Waals surface area contributed by atoms with Crippen molar-refractivity contribution in [3.05, 3.63) is 58.1 Å². The SMILES string of the molecule is O=C(Nc1cc(F)c(F)c(F)c1)c1cc(S(=O)(=O)N2CCC(O)C2)c(F)cc1Cl. The second-order valence-corrected chi connectivity index (χ2v) is 8.59. The summed E-state index contributed by atoms with van der Waals surface area (Å²) in [6.45, 7) is -0.276. The van der Waals surface area contributed by atoms with Crippen molar-refractivity contribution in [2.24, 2.45) is 0 Å². The van der Waals surface area contributed by atoms with Gasteiger partial charge in [-0.15, -0.1) is 0 Å². The van der Waals surface area contributed by atoms with E-state index in [1.165, 1.54) is 0 Å². The molecule has 1 unspecified atom stereocenters. The summed E-state index contributed by atoms with van der Waals surface area (Å²) in [6, 6.07) is 2.32. The lowest BCUT2D eigenvalue weighted by Crippen LogP contribution is -2.30. The van der Waals surface area contributed by atoms with Crippen LogP contribution in [0.2, 0.25) is 5.02 Å². The van der Waals surface area contributed by atoms with E-state index < -0.39 is 66.5 Å². The molecule has 1 aliphatic heterocycles. The number of nitrogens with zero attached hydrogens (tertiary/aromatic N) is 1. The Balaban J connectivity index is 1.96. The molecule has 29 heavy (non-hydrogen) atoms. The lowest BCUT2D eigenvalue weighted by molar-refractivity contribution is 0.102. The fourth-order valence-electron chi connectivity index (χ4n) is 2.79. The molecule has 1 amide bonds. The third-order valence-corrected chi connectivity index (χ3v) is 6.44. The number of β-amino-alcohol motifs (C(OH)–C–C–N with tert-alkyl or cyclic N) is 1. The van der Waals surface area contributed by atoms with Crippen LogP contribution >= 0.6 is 11.6 Å². The molecule has 1 heterocycles. The molecule has 2 aromatic carbocycles. The van der Waals surface area contributed by atoms with Gasteiger partial charge in [0.15, 0.2) is 17.5 Å². The molecule has 1 atom stereocenters. The molecule has 3 rings (SSSR count). The molecule has 1 saturated heterocycles. The van der Waals surface area contributed by atoms with Gasteiger partial charge in [-0.2, -0.15) is 4.31 Å². The summed E-state index contributed by atoms with van der Waals surface area (Å²) in [5, 5.41) is 11.1. The number of benzene rings is 2. The first-order valence-electron chi connectivity index (χ1n) is 8.14. The summed E-state index contributed by atoms with van der Waals surface area (Å²) < 4.78 is 80.0. The third-order valence-electron chi connectivity index (χ3n) is 4.25. The average Bonchev–Trinajstić information content (AvgIpc) is 3.06. The Morgan fingerprint density at radius 1 is 1.10 bits per heavy atom. The van der Waals surface area contributed by atoms with Crippen LogP contribution in [-0.4, -0.2) is 42.9 Å². The molecule has 156 valence electrons. The van der Waals surface area contributed by atoms with Crippen LogP contribution in [0.3, 0.4) is 0 Å². The number of hydrogen-bond donors (Lipinski definition) is 2. The zero-order chi connectivity index (χ0) is 21.5. The summed E-state index contributed by atoms with van der Waals surface area (Å²) >= 11 is 5.83. The smallest absolute Gasteiger partial charge is 0.257 e. The van der Waals surface area contributed by atoms with Crippen molar-refractivity contribution >= 4 is 33.2 Å². The molecule has 1 aliphatic rings. The Morgan fingerprint density at radius 3 is 2.28 bits per heavy atom. The number of rotatable bonds is 4. The second kappa shape index (κ2) is 7.90. The summed E-state index contributed by atoms with van der Waals surface area (Å²) in [7, 11) is -4.38. The maximum atomic E-state index is 14.3. The van der Waals surface area contributed by atoms with Crippen molar-refractivity contribution in [2.75, 3.05) is 18.4 Å². The van der Waals surface area contributed by atoms with E-state index in [4.69, 9.17) is 11.6 Å². The first-order valence-corrected chi connectivity index (χ1v) is 9.95. The van der Waals surface area contributed by atoms with Crippen LogP contribution in [0, 0.1) is 23.3 Å². The first-order chi connectivity index (χ1) is 13.5. The van der Waals surface area contributed by atoms with Crippen molar-refractivity contribution < 1.29 is 35.9 Å². The molecule has 0 radical (unpaired) electrons. The van der Waals surface area contributed by atoms with Gasteiger partial charge in [-0.3, -0.25) is 4.79 Å². The molecule has 0 saturated carbocycles. The Morgan fingerprint density at radius 2 is 1.72 bits per heavy atom. The van der Waals surface area contributed by atoms with Crippen LogP contribution < -0.4 is 5.32 Å². The number of aliphatic hydroxyl groups excluding tert-OH is 1. The fraction of sp³-hybridized carbons (Fsp3) is 0.235. The normalized spacial score (nSPS) is 17.5. The monoisotopic (exact) mass is 452 g/mol. The van der Waals surface area contributed by atoms with Crippen molar-refractivity contribution in [1.29, 1.82) is 0 Å². The molecular weight excluding hydrogens is 440 g/mol. The number of carbonyl (C=O) groups is 1. The molecule has 0 spiro atoms. The molecule has 12 heteroatoms. The number of halogens is 5. The summed E-state index contributed by atoms with van der Waals surface area (Å²) in [5.74, 6) is -7.16. The molecule has 0 aliphatic carbocycles. The Bertz CT molecular complexity index is 1070. The molecule has 6 nitrogen and oxygen atoms in total. The predicted octanol–water partition coefficient (Wildman–Crippen LogP) is 2.90. The molecule has 2 aromatic rings. The lowest BCUT2D eigenvalue weighted by Gasteiger charge is -2.17. The van der Waals surface area contributed by atoms with Gasteiger partial charge in [-0.1, -0.05) is 11.6 Å². The summed E-state index contributed by atoms with van der Waals surface area (Å²) in [4.78, 5) is 11.6. The van der Waals surface area contributed by atoms with E-state index in [9.17, 15) is 35.9 Å². The van der Waals surface area contributed by atoms with Crippen LogP contribution in [0.15, 0.2) is 29.2 Å². The standard InChI is InChI=1S/C17H13ClF4N2O4S/c18-11-6-12(19)15(29(27,28)24-2-1-9(25)7-24)5-10(11)17(26)23-8-3-13(20)16(22)14(21)4-8/h3-6,9,25H,1-2,7H2,(H,23,26). The molecule has 2 N–H and O–H groups in total. The highest BCUT2D eigenvalue weighted by atomic mass is 35.5. The van der Waals surface area contributed by atoms with E-state index in [1.54, 1.807) is 0 Å². The van der Waals surface area contributed by atoms with Crippen LogP contribution in [0.5, 0.6) is 0 Å². The van der Waals surface area contributed by atoms with E-state index in [1.807, 2.05) is 5.32 Å². The quantitative estimate of drug-likeness (QED) is 0.551. The average molecular weight is 453 g/mol. The first kappa shape index (κ1) is 21.5. The minimum atomic E-state index is -4.38. The zero-order valence-corrected chi connectivity index (χ0v) is 16.0. The van der Waals surface area contributed by atoms with Gasteiger partial charge < -0.3 is 10.4 Å². The number of nitrogens with one attached hydrogen (secondary N) is 1.